The lowest BCUT2D eigenvalue weighted by atomic mass is 9.90. The van der Waals surface area contributed by atoms with Crippen molar-refractivity contribution >= 4 is 26.6 Å². The van der Waals surface area contributed by atoms with E-state index in [1.54, 1.807) is 6.92 Å². The van der Waals surface area contributed by atoms with Crippen LogP contribution in [0.2, 0.25) is 0 Å². The van der Waals surface area contributed by atoms with Gasteiger partial charge in [-0.25, -0.2) is 31.7 Å². The quantitative estimate of drug-likeness (QED) is 0.503. The number of benzene rings is 1. The predicted octanol–water partition coefficient (Wildman–Crippen LogP) is 4.58. The number of anilines is 1. The molecule has 34 heavy (non-hydrogen) atoms. The van der Waals surface area contributed by atoms with E-state index in [1.807, 2.05) is 0 Å². The number of aryl methyl sites for hydroxylation is 1. The number of halogens is 4. The first kappa shape index (κ1) is 24.1. The van der Waals surface area contributed by atoms with Crippen molar-refractivity contribution in [3.63, 3.8) is 0 Å². The third kappa shape index (κ3) is 4.26. The summed E-state index contributed by atoms with van der Waals surface area (Å²) in [7, 11) is -1.44. The van der Waals surface area contributed by atoms with Gasteiger partial charge < -0.3 is 5.32 Å². The monoisotopic (exact) mass is 497 g/mol. The summed E-state index contributed by atoms with van der Waals surface area (Å²) < 4.78 is 77.6. The van der Waals surface area contributed by atoms with Crippen LogP contribution in [0.15, 0.2) is 35.4 Å². The zero-order valence-electron chi connectivity index (χ0n) is 18.4. The molecule has 1 atom stereocenters. The first-order valence-electron chi connectivity index (χ1n) is 10.5. The lowest BCUT2D eigenvalue weighted by Gasteiger charge is -2.30. The summed E-state index contributed by atoms with van der Waals surface area (Å²) in [6.45, 7) is 1.56. The van der Waals surface area contributed by atoms with Gasteiger partial charge in [-0.2, -0.15) is 0 Å². The molecule has 7 nitrogen and oxygen atoms in total. The molecular formula is C22H23F4N5O2S. The number of aromatic nitrogens is 3. The molecule has 0 unspecified atom stereocenters. The number of nitrogens with zero attached hydrogens (tertiary/aromatic N) is 3. The zero-order valence-corrected chi connectivity index (χ0v) is 19.3. The molecule has 1 aliphatic rings. The average molecular weight is 498 g/mol. The van der Waals surface area contributed by atoms with Crippen LogP contribution < -0.4 is 10.9 Å². The van der Waals surface area contributed by atoms with Crippen LogP contribution in [-0.4, -0.2) is 30.2 Å². The minimum absolute atomic E-state index is 0.00550. The number of rotatable bonds is 5. The number of hydrogen-bond acceptors (Lipinski definition) is 6. The Morgan fingerprint density at radius 2 is 1.85 bits per heavy atom. The molecule has 182 valence electrons. The highest BCUT2D eigenvalue weighted by Gasteiger charge is 2.40. The smallest absolute Gasteiger partial charge is 0.266 e. The summed E-state index contributed by atoms with van der Waals surface area (Å²) in [5.41, 5.74) is -3.36. The second-order valence-electron chi connectivity index (χ2n) is 8.48. The van der Waals surface area contributed by atoms with Gasteiger partial charge in [0.25, 0.3) is 12.0 Å². The summed E-state index contributed by atoms with van der Waals surface area (Å²) in [6, 6.07) is 4.26. The van der Waals surface area contributed by atoms with Crippen molar-refractivity contribution in [3.05, 3.63) is 63.5 Å². The van der Waals surface area contributed by atoms with Crippen molar-refractivity contribution in [1.29, 1.82) is 4.78 Å². The normalized spacial score (nSPS) is 23.9. The topological polar surface area (TPSA) is 101 Å². The van der Waals surface area contributed by atoms with E-state index in [0.717, 1.165) is 6.07 Å². The second-order valence-corrected chi connectivity index (χ2v) is 10.9. The van der Waals surface area contributed by atoms with Gasteiger partial charge in [0.15, 0.2) is 0 Å². The molecule has 1 aliphatic heterocycles. The van der Waals surface area contributed by atoms with Gasteiger partial charge in [-0.05, 0) is 25.8 Å². The van der Waals surface area contributed by atoms with E-state index in [1.165, 1.54) is 36.1 Å². The molecule has 1 saturated heterocycles. The van der Waals surface area contributed by atoms with Gasteiger partial charge in [0, 0.05) is 33.8 Å². The number of alkyl halides is 3. The van der Waals surface area contributed by atoms with Crippen molar-refractivity contribution in [2.75, 3.05) is 16.8 Å². The molecule has 4 rings (SSSR count). The van der Waals surface area contributed by atoms with Crippen molar-refractivity contribution in [2.24, 2.45) is 7.05 Å². The summed E-state index contributed by atoms with van der Waals surface area (Å²) in [4.78, 5) is 21.2. The third-order valence-corrected chi connectivity index (χ3v) is 7.98. The van der Waals surface area contributed by atoms with Crippen LogP contribution in [0.3, 0.4) is 0 Å². The molecule has 0 saturated carbocycles. The summed E-state index contributed by atoms with van der Waals surface area (Å²) in [6.07, 6.45) is -2.24. The Morgan fingerprint density at radius 3 is 2.50 bits per heavy atom. The molecular weight excluding hydrogens is 474 g/mol. The molecule has 0 amide bonds. The van der Waals surface area contributed by atoms with E-state index in [9.17, 15) is 22.2 Å². The predicted molar refractivity (Wildman–Crippen MR) is 121 cm³/mol. The largest absolute Gasteiger partial charge is 0.363 e. The van der Waals surface area contributed by atoms with Crippen molar-refractivity contribution in [2.45, 2.75) is 37.9 Å². The van der Waals surface area contributed by atoms with E-state index in [-0.39, 0.29) is 52.3 Å². The molecule has 1 aromatic carbocycles. The molecule has 0 spiro atoms. The highest BCUT2D eigenvalue weighted by molar-refractivity contribution is 7.92. The lowest BCUT2D eigenvalue weighted by Crippen LogP contribution is -2.38. The molecule has 0 aliphatic carbocycles. The number of hydrogen-bond donors (Lipinski definition) is 2. The first-order valence-corrected chi connectivity index (χ1v) is 12.4. The zero-order chi connectivity index (χ0) is 24.8. The first-order chi connectivity index (χ1) is 15.9. The maximum Gasteiger partial charge on any atom is 0.266 e. The minimum atomic E-state index is -2.97. The number of pyridine rings is 1. The van der Waals surface area contributed by atoms with Crippen molar-refractivity contribution in [1.82, 2.24) is 14.5 Å². The fourth-order valence-corrected chi connectivity index (χ4v) is 5.72. The highest BCUT2D eigenvalue weighted by Crippen LogP contribution is 2.38. The molecule has 3 aromatic rings. The van der Waals surface area contributed by atoms with E-state index in [4.69, 9.17) is 4.78 Å². The second kappa shape index (κ2) is 8.64. The third-order valence-electron chi connectivity index (χ3n) is 6.26. The average Bonchev–Trinajstić information content (AvgIpc) is 2.78. The molecule has 2 aromatic heterocycles. The van der Waals surface area contributed by atoms with Crippen LogP contribution in [0.4, 0.5) is 23.4 Å². The van der Waals surface area contributed by atoms with Gasteiger partial charge in [-0.3, -0.25) is 14.1 Å². The van der Waals surface area contributed by atoms with Crippen LogP contribution >= 0.6 is 0 Å². The molecule has 0 bridgehead atoms. The Kier molecular flexibility index (Phi) is 6.13. The van der Waals surface area contributed by atoms with Gasteiger partial charge in [-0.15, -0.1) is 0 Å². The summed E-state index contributed by atoms with van der Waals surface area (Å²) >= 11 is 0. The number of nitrogens with one attached hydrogen (secondary N) is 2. The van der Waals surface area contributed by atoms with E-state index >= 15 is 4.39 Å². The Labute approximate surface area is 193 Å². The van der Waals surface area contributed by atoms with Gasteiger partial charge in [0.1, 0.15) is 29.3 Å². The standard InChI is InChI=1S/C22H23F4N5O2S/c1-12(13-4-3-5-14(17(13)23)18(24)25)30-19-15-10-16(21(32)31(2)20(15)29-11-28-19)22(26)6-8-34(27,33)9-7-22/h3-5,10-12,18,27H,6-9H2,1-2H3,(H,28,29,30)/t12-,22?,34?/m1/s1. The van der Waals surface area contributed by atoms with Crippen molar-refractivity contribution in [3.8, 4) is 0 Å². The molecule has 3 heterocycles. The Bertz CT molecular complexity index is 1410. The maximum atomic E-state index is 15.8. The van der Waals surface area contributed by atoms with Crippen LogP contribution in [0.1, 0.15) is 48.9 Å². The molecule has 12 heteroatoms. The fraction of sp³-hybridized carbons (Fsp3) is 0.409. The Hall–Kier alpha value is -3.02. The van der Waals surface area contributed by atoms with Gasteiger partial charge >= 0.3 is 0 Å². The van der Waals surface area contributed by atoms with Gasteiger partial charge in [-0.1, -0.05) is 18.2 Å². The maximum absolute atomic E-state index is 15.8. The SMILES string of the molecule is C[C@@H](Nc1ncnc2c1cc(C1(F)CCS(=N)(=O)CC1)c(=O)n2C)c1cccc(C(F)F)c1F. The summed E-state index contributed by atoms with van der Waals surface area (Å²) in [5, 5.41) is 3.24. The van der Waals surface area contributed by atoms with Gasteiger partial charge in [0.05, 0.1) is 22.6 Å². The molecule has 1 fully saturated rings. The lowest BCUT2D eigenvalue weighted by molar-refractivity contribution is 0.146. The Balaban J connectivity index is 1.78. The van der Waals surface area contributed by atoms with Crippen LogP contribution in [0, 0.1) is 10.6 Å². The Morgan fingerprint density at radius 1 is 1.21 bits per heavy atom. The van der Waals surface area contributed by atoms with E-state index < -0.39 is 44.8 Å². The molecule has 2 N–H and O–H groups in total. The van der Waals surface area contributed by atoms with Crippen LogP contribution in [0.5, 0.6) is 0 Å². The van der Waals surface area contributed by atoms with Gasteiger partial charge in [0.2, 0.25) is 0 Å². The molecule has 0 radical (unpaired) electrons. The fourth-order valence-electron chi connectivity index (χ4n) is 4.21. The van der Waals surface area contributed by atoms with E-state index in [2.05, 4.69) is 15.3 Å². The van der Waals surface area contributed by atoms with Crippen LogP contribution in [-0.2, 0) is 22.4 Å². The summed E-state index contributed by atoms with van der Waals surface area (Å²) in [5.74, 6) is -1.18. The van der Waals surface area contributed by atoms with Crippen molar-refractivity contribution < 1.29 is 21.8 Å². The van der Waals surface area contributed by atoms with E-state index in [0.29, 0.717) is 0 Å². The van der Waals surface area contributed by atoms with Crippen LogP contribution in [0.25, 0.3) is 11.0 Å². The highest BCUT2D eigenvalue weighted by atomic mass is 32.2. The minimum Gasteiger partial charge on any atom is -0.363 e. The number of fused-ring (bicyclic) bond motifs is 1.